The van der Waals surface area contributed by atoms with Gasteiger partial charge in [0.15, 0.2) is 0 Å². The van der Waals surface area contributed by atoms with Crippen molar-refractivity contribution in [2.45, 2.75) is 6.92 Å². The van der Waals surface area contributed by atoms with Gasteiger partial charge in [-0.1, -0.05) is 18.5 Å². The number of hydrogen-bond donors (Lipinski definition) is 1. The number of carboxylic acid groups (broad SMARTS) is 1. The molecule has 1 N–H and O–H groups in total. The average Bonchev–Trinajstić information content (AvgIpc) is 2.73. The molecule has 1 heterocycles. The smallest absolute Gasteiger partial charge is 0.308 e. The molecule has 1 fully saturated rings. The third-order valence-electron chi connectivity index (χ3n) is 3.56. The number of ether oxygens (including phenoxy) is 1. The van der Waals surface area contributed by atoms with Crippen molar-refractivity contribution in [1.29, 1.82) is 0 Å². The standard InChI is InChI=1S/C14H17BrClNO3/c1-9-7-17(8-11(9)14(18)19)4-5-20-13-3-2-10(16)6-12(13)15/h2-3,6,9,11H,4-5,7-8H2,1H3,(H,18,19)/t9-,11-/m1/s1. The second-order valence-electron chi connectivity index (χ2n) is 5.10. The predicted octanol–water partition coefficient (Wildman–Crippen LogP) is 3.13. The summed E-state index contributed by atoms with van der Waals surface area (Å²) in [6.07, 6.45) is 0. The monoisotopic (exact) mass is 361 g/mol. The molecule has 0 aromatic heterocycles. The zero-order chi connectivity index (χ0) is 14.7. The van der Waals surface area contributed by atoms with E-state index in [0.29, 0.717) is 18.2 Å². The van der Waals surface area contributed by atoms with Crippen LogP contribution in [0, 0.1) is 11.8 Å². The quantitative estimate of drug-likeness (QED) is 0.874. The number of rotatable bonds is 5. The number of nitrogens with zero attached hydrogens (tertiary/aromatic N) is 1. The van der Waals surface area contributed by atoms with Gasteiger partial charge in [0.1, 0.15) is 12.4 Å². The fourth-order valence-corrected chi connectivity index (χ4v) is 3.25. The van der Waals surface area contributed by atoms with Crippen LogP contribution in [-0.2, 0) is 4.79 Å². The topological polar surface area (TPSA) is 49.8 Å². The Labute approximate surface area is 131 Å². The lowest BCUT2D eigenvalue weighted by Crippen LogP contribution is -2.27. The lowest BCUT2D eigenvalue weighted by molar-refractivity contribution is -0.142. The first-order valence-corrected chi connectivity index (χ1v) is 7.67. The first kappa shape index (κ1) is 15.6. The summed E-state index contributed by atoms with van der Waals surface area (Å²) in [5.41, 5.74) is 0. The Morgan fingerprint density at radius 2 is 2.30 bits per heavy atom. The highest BCUT2D eigenvalue weighted by Crippen LogP contribution is 2.28. The summed E-state index contributed by atoms with van der Waals surface area (Å²) in [5, 5.41) is 9.75. The Hall–Kier alpha value is -0.780. The lowest BCUT2D eigenvalue weighted by Gasteiger charge is -2.16. The van der Waals surface area contributed by atoms with Crippen LogP contribution in [0.3, 0.4) is 0 Å². The fraction of sp³-hybridized carbons (Fsp3) is 0.500. The Kier molecular flexibility index (Phi) is 5.29. The van der Waals surface area contributed by atoms with E-state index in [9.17, 15) is 4.79 Å². The van der Waals surface area contributed by atoms with E-state index >= 15 is 0 Å². The van der Waals surface area contributed by atoms with E-state index < -0.39 is 5.97 Å². The molecule has 0 radical (unpaired) electrons. The maximum Gasteiger partial charge on any atom is 0.308 e. The third kappa shape index (κ3) is 3.87. The molecule has 0 aliphatic carbocycles. The number of benzene rings is 1. The summed E-state index contributed by atoms with van der Waals surface area (Å²) in [5.74, 6) is -0.0372. The molecule has 0 spiro atoms. The zero-order valence-electron chi connectivity index (χ0n) is 11.2. The molecule has 1 aliphatic rings. The summed E-state index contributed by atoms with van der Waals surface area (Å²) in [7, 11) is 0. The second-order valence-corrected chi connectivity index (χ2v) is 6.40. The molecule has 4 nitrogen and oxygen atoms in total. The molecule has 1 aromatic rings. The van der Waals surface area contributed by atoms with Crippen LogP contribution in [-0.4, -0.2) is 42.2 Å². The summed E-state index contributed by atoms with van der Waals surface area (Å²) in [6, 6.07) is 5.38. The SMILES string of the molecule is C[C@@H]1CN(CCOc2ccc(Cl)cc2Br)C[C@H]1C(=O)O. The van der Waals surface area contributed by atoms with Gasteiger partial charge in [0.05, 0.1) is 10.4 Å². The molecule has 1 saturated heterocycles. The Morgan fingerprint density at radius 1 is 1.55 bits per heavy atom. The van der Waals surface area contributed by atoms with Crippen LogP contribution in [0.2, 0.25) is 5.02 Å². The largest absolute Gasteiger partial charge is 0.491 e. The highest BCUT2D eigenvalue weighted by Gasteiger charge is 2.34. The van der Waals surface area contributed by atoms with E-state index in [1.165, 1.54) is 0 Å². The van der Waals surface area contributed by atoms with E-state index in [1.54, 1.807) is 12.1 Å². The number of carboxylic acids is 1. The molecular weight excluding hydrogens is 346 g/mol. The normalized spacial score (nSPS) is 22.9. The third-order valence-corrected chi connectivity index (χ3v) is 4.42. The molecular formula is C14H17BrClNO3. The van der Waals surface area contributed by atoms with E-state index in [2.05, 4.69) is 20.8 Å². The van der Waals surface area contributed by atoms with Gasteiger partial charge in [-0.3, -0.25) is 9.69 Å². The van der Waals surface area contributed by atoms with Gasteiger partial charge in [-0.25, -0.2) is 0 Å². The number of likely N-dealkylation sites (tertiary alicyclic amines) is 1. The molecule has 6 heteroatoms. The van der Waals surface area contributed by atoms with Gasteiger partial charge in [0.25, 0.3) is 0 Å². The van der Waals surface area contributed by atoms with Crippen LogP contribution in [0.15, 0.2) is 22.7 Å². The highest BCUT2D eigenvalue weighted by atomic mass is 79.9. The first-order chi connectivity index (χ1) is 9.47. The van der Waals surface area contributed by atoms with Gasteiger partial charge < -0.3 is 9.84 Å². The molecule has 1 aliphatic heterocycles. The van der Waals surface area contributed by atoms with Crippen LogP contribution in [0.4, 0.5) is 0 Å². The highest BCUT2D eigenvalue weighted by molar-refractivity contribution is 9.10. The van der Waals surface area contributed by atoms with Gasteiger partial charge in [0, 0.05) is 24.7 Å². The summed E-state index contributed by atoms with van der Waals surface area (Å²) in [4.78, 5) is 13.2. The Balaban J connectivity index is 1.81. The van der Waals surface area contributed by atoms with E-state index in [4.69, 9.17) is 21.4 Å². The molecule has 1 aromatic carbocycles. The molecule has 0 amide bonds. The zero-order valence-corrected chi connectivity index (χ0v) is 13.5. The fourth-order valence-electron chi connectivity index (χ4n) is 2.45. The molecule has 110 valence electrons. The molecule has 0 bridgehead atoms. The van der Waals surface area contributed by atoms with E-state index in [1.807, 2.05) is 13.0 Å². The number of halogens is 2. The van der Waals surface area contributed by atoms with Crippen molar-refractivity contribution in [2.75, 3.05) is 26.2 Å². The van der Waals surface area contributed by atoms with Crippen LogP contribution >= 0.6 is 27.5 Å². The minimum Gasteiger partial charge on any atom is -0.491 e. The summed E-state index contributed by atoms with van der Waals surface area (Å²) < 4.78 is 6.51. The number of aliphatic carboxylic acids is 1. The van der Waals surface area contributed by atoms with Gasteiger partial charge in [-0.15, -0.1) is 0 Å². The second kappa shape index (κ2) is 6.78. The lowest BCUT2D eigenvalue weighted by atomic mass is 9.99. The Bertz CT molecular complexity index is 497. The first-order valence-electron chi connectivity index (χ1n) is 6.50. The van der Waals surface area contributed by atoms with Crippen LogP contribution < -0.4 is 4.74 Å². The van der Waals surface area contributed by atoms with Crippen molar-refractivity contribution < 1.29 is 14.6 Å². The van der Waals surface area contributed by atoms with Crippen LogP contribution in [0.1, 0.15) is 6.92 Å². The van der Waals surface area contributed by atoms with Crippen molar-refractivity contribution in [3.63, 3.8) is 0 Å². The number of hydrogen-bond acceptors (Lipinski definition) is 3. The molecule has 2 atom stereocenters. The maximum atomic E-state index is 11.1. The summed E-state index contributed by atoms with van der Waals surface area (Å²) >= 11 is 9.27. The van der Waals surface area contributed by atoms with Crippen molar-refractivity contribution in [1.82, 2.24) is 4.90 Å². The van der Waals surface area contributed by atoms with Crippen molar-refractivity contribution >= 4 is 33.5 Å². The maximum absolute atomic E-state index is 11.1. The van der Waals surface area contributed by atoms with Gasteiger partial charge in [-0.2, -0.15) is 0 Å². The van der Waals surface area contributed by atoms with Gasteiger partial charge >= 0.3 is 5.97 Å². The minimum atomic E-state index is -0.707. The summed E-state index contributed by atoms with van der Waals surface area (Å²) in [6.45, 7) is 4.64. The average molecular weight is 363 g/mol. The predicted molar refractivity (Wildman–Crippen MR) is 81.4 cm³/mol. The minimum absolute atomic E-state index is 0.190. The molecule has 0 saturated carbocycles. The number of carbonyl (C=O) groups is 1. The van der Waals surface area contributed by atoms with Crippen LogP contribution in [0.5, 0.6) is 5.75 Å². The van der Waals surface area contributed by atoms with Crippen molar-refractivity contribution in [3.05, 3.63) is 27.7 Å². The van der Waals surface area contributed by atoms with E-state index in [0.717, 1.165) is 23.3 Å². The molecule has 20 heavy (non-hydrogen) atoms. The molecule has 0 unspecified atom stereocenters. The molecule has 2 rings (SSSR count). The van der Waals surface area contributed by atoms with Gasteiger partial charge in [0.2, 0.25) is 0 Å². The van der Waals surface area contributed by atoms with Gasteiger partial charge in [-0.05, 0) is 40.0 Å². The van der Waals surface area contributed by atoms with Crippen molar-refractivity contribution in [2.24, 2.45) is 11.8 Å². The van der Waals surface area contributed by atoms with E-state index in [-0.39, 0.29) is 11.8 Å². The van der Waals surface area contributed by atoms with Crippen molar-refractivity contribution in [3.8, 4) is 5.75 Å². The van der Waals surface area contributed by atoms with Crippen LogP contribution in [0.25, 0.3) is 0 Å². The Morgan fingerprint density at radius 3 is 2.90 bits per heavy atom.